The molecule has 0 aromatic carbocycles. The first-order valence-corrected chi connectivity index (χ1v) is 9.82. The fraction of sp³-hybridized carbons (Fsp3) is 0.600. The molecule has 0 saturated heterocycles. The van der Waals surface area contributed by atoms with Crippen LogP contribution in [0.4, 0.5) is 0 Å². The second-order valence-electron chi connectivity index (χ2n) is 6.11. The highest BCUT2D eigenvalue weighted by atomic mass is 32.1. The summed E-state index contributed by atoms with van der Waals surface area (Å²) in [4.78, 5) is 58.3. The van der Waals surface area contributed by atoms with Gasteiger partial charge in [-0.2, -0.15) is 12.6 Å². The van der Waals surface area contributed by atoms with Crippen molar-refractivity contribution >= 4 is 60.0 Å². The Balaban J connectivity index is 4.62. The normalized spacial score (nSPS) is 13.3. The number of carboxylic acid groups (broad SMARTS) is 1. The van der Waals surface area contributed by atoms with E-state index < -0.39 is 59.9 Å². The topological polar surface area (TPSA) is 230 Å². The quantitative estimate of drug-likeness (QED) is 0.0530. The van der Waals surface area contributed by atoms with Crippen molar-refractivity contribution in [2.24, 2.45) is 11.5 Å². The Bertz CT molecular complexity index is 663. The van der Waals surface area contributed by atoms with Gasteiger partial charge in [0.25, 0.3) is 0 Å². The number of carbonyl (C=O) groups is 5. The number of nitrogens with two attached hydrogens (primary N) is 2. The van der Waals surface area contributed by atoms with Gasteiger partial charge in [0, 0.05) is 12.3 Å². The predicted molar refractivity (Wildman–Crippen MR) is 114 cm³/mol. The van der Waals surface area contributed by atoms with Gasteiger partial charge in [-0.15, -0.1) is 12.6 Å². The van der Waals surface area contributed by atoms with E-state index in [4.69, 9.17) is 22.0 Å². The molecule has 15 heteroatoms. The Labute approximate surface area is 183 Å². The van der Waals surface area contributed by atoms with E-state index in [9.17, 15) is 24.0 Å². The number of amides is 3. The molecule has 0 aliphatic heterocycles. The summed E-state index contributed by atoms with van der Waals surface area (Å²) in [6.07, 6.45) is -0.0215. The van der Waals surface area contributed by atoms with Gasteiger partial charge in [-0.25, -0.2) is 0 Å². The zero-order valence-corrected chi connectivity index (χ0v) is 17.8. The first kappa shape index (κ1) is 27.5. The zero-order chi connectivity index (χ0) is 23.3. The second kappa shape index (κ2) is 14.5. The van der Waals surface area contributed by atoms with Gasteiger partial charge in [0.15, 0.2) is 5.96 Å². The Hall–Kier alpha value is -2.52. The van der Waals surface area contributed by atoms with Crippen molar-refractivity contribution in [3.05, 3.63) is 0 Å². The van der Waals surface area contributed by atoms with Gasteiger partial charge in [0.05, 0.1) is 19.0 Å². The average molecular weight is 466 g/mol. The number of carboxylic acids is 1. The molecule has 3 amide bonds. The molecule has 0 bridgehead atoms. The lowest BCUT2D eigenvalue weighted by Crippen LogP contribution is -2.54. The lowest BCUT2D eigenvalue weighted by Gasteiger charge is -2.20. The molecule has 0 fully saturated rings. The summed E-state index contributed by atoms with van der Waals surface area (Å²) in [5.41, 5.74) is 10.8. The number of thiol groups is 2. The van der Waals surface area contributed by atoms with E-state index in [-0.39, 0.29) is 18.1 Å². The van der Waals surface area contributed by atoms with Crippen LogP contribution in [0.3, 0.4) is 0 Å². The maximum Gasteiger partial charge on any atom is 0.305 e. The molecule has 0 saturated carbocycles. The maximum absolute atomic E-state index is 12.2. The summed E-state index contributed by atoms with van der Waals surface area (Å²) < 4.78 is 0. The number of aliphatic carboxylic acids is 1. The molecule has 0 aromatic rings. The molecule has 10 N–H and O–H groups in total. The lowest BCUT2D eigenvalue weighted by atomic mass is 10.1. The molecule has 30 heavy (non-hydrogen) atoms. The summed E-state index contributed by atoms with van der Waals surface area (Å²) in [5.74, 6) is -3.99. The van der Waals surface area contributed by atoms with Crippen molar-refractivity contribution in [2.75, 3.05) is 18.8 Å². The molecule has 0 aromatic heterocycles. The van der Waals surface area contributed by atoms with E-state index in [1.807, 2.05) is 0 Å². The molecule has 0 spiro atoms. The van der Waals surface area contributed by atoms with Gasteiger partial charge in [0.1, 0.15) is 12.1 Å². The molecular formula is C15H27N7O6S2. The van der Waals surface area contributed by atoms with Gasteiger partial charge >= 0.3 is 5.97 Å². The van der Waals surface area contributed by atoms with Crippen LogP contribution in [-0.2, 0) is 24.0 Å². The third-order valence-corrected chi connectivity index (χ3v) is 4.27. The van der Waals surface area contributed by atoms with Crippen molar-refractivity contribution in [1.82, 2.24) is 21.3 Å². The number of hydrogen-bond acceptors (Lipinski definition) is 8. The van der Waals surface area contributed by atoms with E-state index in [0.29, 0.717) is 13.0 Å². The molecule has 0 aliphatic carbocycles. The molecule has 0 radical (unpaired) electrons. The van der Waals surface area contributed by atoms with Gasteiger partial charge in [-0.1, -0.05) is 0 Å². The van der Waals surface area contributed by atoms with Gasteiger partial charge in [0.2, 0.25) is 22.8 Å². The highest BCUT2D eigenvalue weighted by Gasteiger charge is 2.27. The summed E-state index contributed by atoms with van der Waals surface area (Å²) in [5, 5.41) is 24.5. The summed E-state index contributed by atoms with van der Waals surface area (Å²) in [6, 6.07) is -3.46. The van der Waals surface area contributed by atoms with E-state index in [1.54, 1.807) is 0 Å². The first-order valence-electron chi connectivity index (χ1n) is 8.74. The first-order chi connectivity index (χ1) is 14.0. The van der Waals surface area contributed by atoms with Crippen LogP contribution in [0.1, 0.15) is 19.3 Å². The number of carbonyl (C=O) groups excluding carboxylic acids is 4. The van der Waals surface area contributed by atoms with Crippen molar-refractivity contribution in [1.29, 1.82) is 5.41 Å². The number of rotatable bonds is 14. The molecule has 0 aliphatic rings. The molecule has 170 valence electrons. The van der Waals surface area contributed by atoms with Crippen LogP contribution in [-0.4, -0.2) is 76.8 Å². The van der Waals surface area contributed by atoms with E-state index in [0.717, 1.165) is 0 Å². The Morgan fingerprint density at radius 1 is 1.03 bits per heavy atom. The second-order valence-corrected chi connectivity index (χ2v) is 6.91. The SMILES string of the molecule is N=C(N)NCCC[C@H](N)C(=O)NCC(=O)N[C@@H](CC(=O)O)C(=O)N[C@@H](CS)C(=O)S. The minimum Gasteiger partial charge on any atom is -0.481 e. The Morgan fingerprint density at radius 2 is 1.67 bits per heavy atom. The summed E-state index contributed by atoms with van der Waals surface area (Å²) in [6.45, 7) is -0.187. The monoisotopic (exact) mass is 465 g/mol. The average Bonchev–Trinajstić information content (AvgIpc) is 2.65. The summed E-state index contributed by atoms with van der Waals surface area (Å²) in [7, 11) is 0. The third-order valence-electron chi connectivity index (χ3n) is 3.59. The molecule has 3 atom stereocenters. The van der Waals surface area contributed by atoms with Gasteiger partial charge < -0.3 is 37.8 Å². The van der Waals surface area contributed by atoms with Crippen molar-refractivity contribution in [3.63, 3.8) is 0 Å². The Morgan fingerprint density at radius 3 is 2.17 bits per heavy atom. The van der Waals surface area contributed by atoms with Gasteiger partial charge in [-0.3, -0.25) is 29.4 Å². The predicted octanol–water partition coefficient (Wildman–Crippen LogP) is -3.48. The minimum absolute atomic E-state index is 0.0717. The van der Waals surface area contributed by atoms with Crippen molar-refractivity contribution in [3.8, 4) is 0 Å². The zero-order valence-electron chi connectivity index (χ0n) is 16.0. The Kier molecular flexibility index (Phi) is 13.2. The van der Waals surface area contributed by atoms with Crippen LogP contribution >= 0.6 is 25.3 Å². The van der Waals surface area contributed by atoms with Crippen LogP contribution in [0, 0.1) is 5.41 Å². The van der Waals surface area contributed by atoms with Gasteiger partial charge in [-0.05, 0) is 12.8 Å². The molecule has 0 unspecified atom stereocenters. The van der Waals surface area contributed by atoms with Crippen molar-refractivity contribution in [2.45, 2.75) is 37.4 Å². The van der Waals surface area contributed by atoms with Crippen LogP contribution in [0.25, 0.3) is 0 Å². The van der Waals surface area contributed by atoms with Crippen LogP contribution in [0.5, 0.6) is 0 Å². The van der Waals surface area contributed by atoms with Crippen LogP contribution in [0.15, 0.2) is 0 Å². The molecule has 0 heterocycles. The number of guanidine groups is 1. The number of hydrogen-bond donors (Lipinski definition) is 10. The number of nitrogens with one attached hydrogen (secondary N) is 5. The smallest absolute Gasteiger partial charge is 0.305 e. The largest absolute Gasteiger partial charge is 0.481 e. The highest BCUT2D eigenvalue weighted by molar-refractivity contribution is 7.96. The van der Waals surface area contributed by atoms with E-state index >= 15 is 0 Å². The van der Waals surface area contributed by atoms with Crippen LogP contribution in [0.2, 0.25) is 0 Å². The fourth-order valence-electron chi connectivity index (χ4n) is 2.06. The summed E-state index contributed by atoms with van der Waals surface area (Å²) >= 11 is 7.47. The van der Waals surface area contributed by atoms with E-state index in [1.165, 1.54) is 0 Å². The molecule has 0 rings (SSSR count). The standard InChI is InChI=1S/C15H27N7O6S2/c16-7(2-1-3-19-15(17)18)12(26)20-5-10(23)21-8(4-11(24)25)13(27)22-9(6-29)14(28)30/h7-9,29H,1-6,16H2,(H,20,26)(H,21,23)(H,22,27)(H,24,25)(H,28,30)(H4,17,18,19)/t7-,8-,9-/m0/s1. The fourth-order valence-corrected chi connectivity index (χ4v) is 2.62. The maximum atomic E-state index is 12.2. The minimum atomic E-state index is -1.48. The third kappa shape index (κ3) is 12.1. The van der Waals surface area contributed by atoms with E-state index in [2.05, 4.69) is 46.5 Å². The van der Waals surface area contributed by atoms with Crippen molar-refractivity contribution < 1.29 is 29.1 Å². The van der Waals surface area contributed by atoms with Crippen LogP contribution < -0.4 is 32.7 Å². The highest BCUT2D eigenvalue weighted by Crippen LogP contribution is 1.99. The molecule has 13 nitrogen and oxygen atoms in total. The lowest BCUT2D eigenvalue weighted by molar-refractivity contribution is -0.141. The molecular weight excluding hydrogens is 438 g/mol.